The summed E-state index contributed by atoms with van der Waals surface area (Å²) < 4.78 is 238. The molecule has 0 saturated carbocycles. The minimum Gasteiger partial charge on any atom is -0.716 e. The maximum atomic E-state index is 12.6. The van der Waals surface area contributed by atoms with E-state index in [1.807, 2.05) is 0 Å². The van der Waals surface area contributed by atoms with E-state index in [1.54, 1.807) is 72.8 Å². The van der Waals surface area contributed by atoms with Crippen LogP contribution in [0, 0.1) is 0 Å². The summed E-state index contributed by atoms with van der Waals surface area (Å²) in [7, 11) is -29.9. The van der Waals surface area contributed by atoms with Crippen LogP contribution < -0.4 is 179 Å². The predicted molar refractivity (Wildman–Crippen MR) is 327 cm³/mol. The molecule has 3 aliphatic heterocycles. The first-order valence-corrected chi connectivity index (χ1v) is 34.5. The topological polar surface area (TPSA) is 572 Å². The maximum Gasteiger partial charge on any atom is 1.00 e. The van der Waals surface area contributed by atoms with Crippen LogP contribution in [0.25, 0.3) is 0 Å². The smallest absolute Gasteiger partial charge is 0.716 e. The fourth-order valence-electron chi connectivity index (χ4n) is 10.6. The van der Waals surface area contributed by atoms with Crippen molar-refractivity contribution in [3.63, 3.8) is 0 Å². The van der Waals surface area contributed by atoms with Gasteiger partial charge in [0.05, 0.1) is 16.7 Å². The van der Waals surface area contributed by atoms with Crippen LogP contribution in [0.1, 0.15) is 81.1 Å². The average Bonchev–Trinajstić information content (AvgIpc) is 1.60. The molecule has 0 amide bonds. The molecule has 9 aromatic rings. The van der Waals surface area contributed by atoms with Crippen molar-refractivity contribution in [1.29, 1.82) is 0 Å². The molecule has 33 nitrogen and oxygen atoms in total. The molecule has 6 N–H and O–H groups in total. The van der Waals surface area contributed by atoms with Crippen LogP contribution in [0.15, 0.2) is 218 Å². The number of carbonyl (C=O) groups is 3. The van der Waals surface area contributed by atoms with Gasteiger partial charge < -0.3 is 83.1 Å². The van der Waals surface area contributed by atoms with E-state index in [0.29, 0.717) is 50.1 Å². The molecule has 0 fully saturated rings. The van der Waals surface area contributed by atoms with Crippen LogP contribution >= 0.6 is 0 Å². The summed E-state index contributed by atoms with van der Waals surface area (Å²) in [6.45, 7) is 0. The van der Waals surface area contributed by atoms with E-state index < -0.39 is 97.1 Å². The van der Waals surface area contributed by atoms with E-state index >= 15 is 0 Å². The molecule has 3 aliphatic rings. The molecule has 42 heteroatoms. The summed E-state index contributed by atoms with van der Waals surface area (Å²) in [5, 5.41) is 0. The van der Waals surface area contributed by atoms with Crippen molar-refractivity contribution >= 4 is 80.3 Å². The first-order valence-electron chi connectivity index (χ1n) is 26.5. The monoisotopic (exact) mass is 1600 g/mol. The van der Waals surface area contributed by atoms with Gasteiger partial charge in [0.15, 0.2) is 16.8 Å². The van der Waals surface area contributed by atoms with Gasteiger partial charge in [0, 0.05) is 50.1 Å². The van der Waals surface area contributed by atoms with Gasteiger partial charge in [-0.05, 0) is 91.0 Å². The van der Waals surface area contributed by atoms with Gasteiger partial charge in [-0.15, -0.1) is 0 Å². The van der Waals surface area contributed by atoms with Crippen molar-refractivity contribution in [3.05, 3.63) is 285 Å². The van der Waals surface area contributed by atoms with Crippen molar-refractivity contribution in [2.45, 2.75) is 16.8 Å². The van der Waals surface area contributed by atoms with Gasteiger partial charge >= 0.3 is 172 Å². The van der Waals surface area contributed by atoms with Crippen molar-refractivity contribution < 1.29 is 302 Å². The molecule has 0 unspecified atom stereocenters. The van der Waals surface area contributed by atoms with E-state index in [0.717, 1.165) is 0 Å². The molecule has 0 atom stereocenters. The van der Waals surface area contributed by atoms with Crippen molar-refractivity contribution in [2.24, 2.45) is 0 Å². The van der Waals surface area contributed by atoms with Gasteiger partial charge in [0.1, 0.15) is 34.5 Å². The SMILES string of the molecule is O.O.O.O=C1OC(c2ccc(OS(=O)(=O)[O-])cc2)(c2ccc(OS(=O)(=O)[O-])cc2)c2ccccc21.O=C1OC(c2ccc(OS(=O)(=O)[O-])cc2)(c2ccc(OS(=O)(=O)[O-])cc2)c2ccccc21.O=C1OC(c2ccc(OS(=O)(=O)[O-])cc2)(c2ccc(OS(=O)(=O)[O-])cc2)c2ccccc21.[K+].[K+].[K+]. The second-order valence-electron chi connectivity index (χ2n) is 19.9. The Labute approximate surface area is 708 Å². The van der Waals surface area contributed by atoms with Crippen LogP contribution in [-0.4, -0.2) is 112 Å². The van der Waals surface area contributed by atoms with Gasteiger partial charge in [0.25, 0.3) is 62.4 Å². The van der Waals surface area contributed by atoms with Crippen LogP contribution in [0.2, 0.25) is 0 Å². The van der Waals surface area contributed by atoms with E-state index in [9.17, 15) is 92.2 Å². The predicted octanol–water partition coefficient (Wildman–Crippen LogP) is -5.98. The number of ether oxygens (including phenoxy) is 3. The van der Waals surface area contributed by atoms with Gasteiger partial charge in [-0.1, -0.05) is 127 Å². The number of hydrogen-bond donors (Lipinski definition) is 0. The molecule has 102 heavy (non-hydrogen) atoms. The molecule has 0 radical (unpaired) electrons. The van der Waals surface area contributed by atoms with E-state index in [4.69, 9.17) is 14.2 Å². The van der Waals surface area contributed by atoms with Gasteiger partial charge in [-0.3, -0.25) is 0 Å². The molecule has 0 aliphatic carbocycles. The Morgan fingerprint density at radius 3 is 0.510 bits per heavy atom. The Bertz CT molecular complexity index is 4500. The number of carbonyl (C=O) groups excluding carboxylic acids is 3. The first-order chi connectivity index (χ1) is 44.9. The molecular formula is C60H42K3O33S6-3. The molecule has 0 aromatic heterocycles. The second-order valence-corrected chi connectivity index (χ2v) is 25.8. The molecule has 522 valence electrons. The van der Waals surface area contributed by atoms with Crippen LogP contribution in [-0.2, 0) is 93.4 Å². The molecule has 0 bridgehead atoms. The number of benzene rings is 9. The van der Waals surface area contributed by atoms with E-state index in [1.165, 1.54) is 146 Å². The average molecular weight is 1600 g/mol. The summed E-state index contributed by atoms with van der Waals surface area (Å²) in [6.07, 6.45) is 0. The summed E-state index contributed by atoms with van der Waals surface area (Å²) in [4.78, 5) is 37.9. The third-order valence-corrected chi connectivity index (χ3v) is 16.5. The molecule has 9 aromatic carbocycles. The van der Waals surface area contributed by atoms with Crippen molar-refractivity contribution in [1.82, 2.24) is 0 Å². The Morgan fingerprint density at radius 2 is 0.373 bits per heavy atom. The first kappa shape index (κ1) is 88.8. The number of hydrogen-bond acceptors (Lipinski definition) is 30. The number of cyclic esters (lactones) is 3. The molecule has 0 spiro atoms. The zero-order valence-corrected chi connectivity index (χ0v) is 66.2. The van der Waals surface area contributed by atoms with Crippen LogP contribution in [0.4, 0.5) is 0 Å². The zero-order valence-electron chi connectivity index (χ0n) is 52.0. The standard InChI is InChI=1S/3C20H14O10S2.3K.3H2O/c3*21-19-17-3-1-2-4-18(17)20(28-19,13-5-9-15(10-6-13)29-31(22,23)24)14-7-11-16(12-8-14)30-32(25,26)27;;;;;;/h3*1-12H,(H,22,23,24)(H,25,26,27);;;;3*1H2/q;;;3*+1;;;/p-6. The Kier molecular flexibility index (Phi) is 30.3. The Morgan fingerprint density at radius 1 is 0.235 bits per heavy atom. The normalized spacial score (nSPS) is 14.1. The van der Waals surface area contributed by atoms with Crippen LogP contribution in [0.5, 0.6) is 34.5 Å². The zero-order chi connectivity index (χ0) is 69.4. The Balaban J connectivity index is 0.000000315. The van der Waals surface area contributed by atoms with Crippen LogP contribution in [0.3, 0.4) is 0 Å². The second kappa shape index (κ2) is 34.8. The third-order valence-electron chi connectivity index (χ3n) is 14.1. The number of fused-ring (bicyclic) bond motifs is 3. The minimum absolute atomic E-state index is 0. The number of esters is 3. The largest absolute Gasteiger partial charge is 1.00 e. The quantitative estimate of drug-likeness (QED) is 0.0254. The maximum absolute atomic E-state index is 12.6. The fraction of sp³-hybridized carbons (Fsp3) is 0.0500. The van der Waals surface area contributed by atoms with Crippen molar-refractivity contribution in [2.75, 3.05) is 0 Å². The Hall–Kier alpha value is -5.56. The summed E-state index contributed by atoms with van der Waals surface area (Å²) in [5.41, 5.74) is 0.133. The van der Waals surface area contributed by atoms with Gasteiger partial charge in [0.2, 0.25) is 0 Å². The third kappa shape index (κ3) is 20.9. The van der Waals surface area contributed by atoms with Gasteiger partial charge in [-0.25, -0.2) is 64.9 Å². The molecular weight excluding hydrogens is 1560 g/mol. The summed E-state index contributed by atoms with van der Waals surface area (Å²) in [5.74, 6) is -3.27. The van der Waals surface area contributed by atoms with E-state index in [2.05, 4.69) is 25.1 Å². The van der Waals surface area contributed by atoms with Crippen molar-refractivity contribution in [3.8, 4) is 34.5 Å². The number of rotatable bonds is 18. The molecule has 3 heterocycles. The van der Waals surface area contributed by atoms with E-state index in [-0.39, 0.29) is 222 Å². The van der Waals surface area contributed by atoms with Gasteiger partial charge in [-0.2, -0.15) is 0 Å². The molecule has 12 rings (SSSR count). The summed E-state index contributed by atoms with van der Waals surface area (Å²) >= 11 is 0. The summed E-state index contributed by atoms with van der Waals surface area (Å²) in [6, 6.07) is 51.5. The molecule has 0 saturated heterocycles. The fourth-order valence-corrected chi connectivity index (χ4v) is 12.7. The minimum atomic E-state index is -4.98.